The van der Waals surface area contributed by atoms with Crippen molar-refractivity contribution in [3.05, 3.63) is 233 Å². The second-order valence-corrected chi connectivity index (χ2v) is 17.3. The Morgan fingerprint density at radius 2 is 0.966 bits per heavy atom. The van der Waals surface area contributed by atoms with Crippen LogP contribution in [-0.2, 0) is 10.8 Å². The maximum atomic E-state index is 2.51. The van der Waals surface area contributed by atoms with E-state index in [0.29, 0.717) is 0 Å². The SMILES string of the molecule is CC1(C)c2ccccc2C2(C3=C(C=CCC3)c3c(N(c4ccc(-c5ccccc5)cc4)c4ccc(-c5ccc(C6=CCCCC6)cc5)cc4)cccc32)c2ccccc21. The van der Waals surface area contributed by atoms with Crippen LogP contribution in [0.2, 0.25) is 0 Å². The van der Waals surface area contributed by atoms with Crippen molar-refractivity contribution < 1.29 is 0 Å². The Morgan fingerprint density at radius 1 is 0.441 bits per heavy atom. The molecule has 0 radical (unpaired) electrons. The van der Waals surface area contributed by atoms with E-state index < -0.39 is 0 Å². The zero-order valence-electron chi connectivity index (χ0n) is 34.1. The molecular weight excluding hydrogens is 711 g/mol. The van der Waals surface area contributed by atoms with Gasteiger partial charge in [0, 0.05) is 22.4 Å². The highest BCUT2D eigenvalue weighted by molar-refractivity contribution is 5.99. The van der Waals surface area contributed by atoms with Gasteiger partial charge in [0.15, 0.2) is 0 Å². The first kappa shape index (κ1) is 35.7. The molecule has 0 fully saturated rings. The molecule has 0 heterocycles. The molecule has 0 N–H and O–H groups in total. The highest BCUT2D eigenvalue weighted by Gasteiger charge is 2.54. The molecule has 59 heavy (non-hydrogen) atoms. The number of nitrogens with zero attached hydrogens (tertiary/aromatic N) is 1. The van der Waals surface area contributed by atoms with Crippen LogP contribution in [0.1, 0.15) is 91.3 Å². The number of fused-ring (bicyclic) bond motifs is 8. The third-order valence-electron chi connectivity index (χ3n) is 13.8. The van der Waals surface area contributed by atoms with Gasteiger partial charge in [-0.05, 0) is 141 Å². The largest absolute Gasteiger partial charge is 0.310 e. The van der Waals surface area contributed by atoms with Crippen LogP contribution in [0, 0.1) is 0 Å². The van der Waals surface area contributed by atoms with E-state index in [-0.39, 0.29) is 10.8 Å². The molecule has 0 bridgehead atoms. The first-order valence-corrected chi connectivity index (χ1v) is 21.6. The summed E-state index contributed by atoms with van der Waals surface area (Å²) in [5.41, 5.74) is 22.1. The summed E-state index contributed by atoms with van der Waals surface area (Å²) in [5.74, 6) is 0. The normalized spacial score (nSPS) is 16.8. The van der Waals surface area contributed by atoms with Crippen LogP contribution in [0.5, 0.6) is 0 Å². The molecular formula is C58H49N. The van der Waals surface area contributed by atoms with Crippen molar-refractivity contribution in [1.29, 1.82) is 0 Å². The van der Waals surface area contributed by atoms with Crippen LogP contribution < -0.4 is 4.90 Å². The van der Waals surface area contributed by atoms with E-state index in [1.54, 1.807) is 0 Å². The summed E-state index contributed by atoms with van der Waals surface area (Å²) in [6, 6.07) is 64.1. The van der Waals surface area contributed by atoms with Crippen molar-refractivity contribution in [2.45, 2.75) is 63.2 Å². The van der Waals surface area contributed by atoms with Crippen molar-refractivity contribution in [2.75, 3.05) is 4.90 Å². The smallest absolute Gasteiger partial charge is 0.0683 e. The van der Waals surface area contributed by atoms with Gasteiger partial charge in [-0.2, -0.15) is 0 Å². The fourth-order valence-electron chi connectivity index (χ4n) is 11.0. The summed E-state index contributed by atoms with van der Waals surface area (Å²) in [4.78, 5) is 2.51. The molecule has 1 heteroatoms. The lowest BCUT2D eigenvalue weighted by Crippen LogP contribution is -2.41. The summed E-state index contributed by atoms with van der Waals surface area (Å²) >= 11 is 0. The number of rotatable bonds is 6. The number of hydrogen-bond donors (Lipinski definition) is 0. The Morgan fingerprint density at radius 3 is 1.56 bits per heavy atom. The van der Waals surface area contributed by atoms with Crippen molar-refractivity contribution in [1.82, 2.24) is 0 Å². The Bertz CT molecular complexity index is 2760. The molecule has 0 saturated carbocycles. The lowest BCUT2D eigenvalue weighted by Gasteiger charge is -2.47. The lowest BCUT2D eigenvalue weighted by atomic mass is 9.54. The highest BCUT2D eigenvalue weighted by Crippen LogP contribution is 2.64. The topological polar surface area (TPSA) is 3.24 Å². The van der Waals surface area contributed by atoms with Gasteiger partial charge < -0.3 is 4.90 Å². The van der Waals surface area contributed by atoms with E-state index in [2.05, 4.69) is 207 Å². The molecule has 0 amide bonds. The van der Waals surface area contributed by atoms with E-state index in [1.807, 2.05) is 0 Å². The number of benzene rings is 7. The van der Waals surface area contributed by atoms with Gasteiger partial charge in [-0.25, -0.2) is 0 Å². The van der Waals surface area contributed by atoms with E-state index in [1.165, 1.54) is 109 Å². The van der Waals surface area contributed by atoms with E-state index in [0.717, 1.165) is 24.2 Å². The van der Waals surface area contributed by atoms with Crippen LogP contribution in [0.15, 0.2) is 194 Å². The molecule has 11 rings (SSSR count). The Kier molecular flexibility index (Phi) is 8.55. The molecule has 7 aromatic carbocycles. The van der Waals surface area contributed by atoms with Crippen LogP contribution in [-0.4, -0.2) is 0 Å². The van der Waals surface area contributed by atoms with E-state index in [4.69, 9.17) is 0 Å². The molecule has 0 aliphatic heterocycles. The van der Waals surface area contributed by atoms with Gasteiger partial charge in [-0.3, -0.25) is 0 Å². The third kappa shape index (κ3) is 5.59. The van der Waals surface area contributed by atoms with Crippen molar-refractivity contribution in [2.24, 2.45) is 0 Å². The maximum absolute atomic E-state index is 2.51. The summed E-state index contributed by atoms with van der Waals surface area (Å²) < 4.78 is 0. The van der Waals surface area contributed by atoms with Crippen LogP contribution in [0.4, 0.5) is 17.1 Å². The molecule has 0 saturated heterocycles. The highest BCUT2D eigenvalue weighted by atomic mass is 15.1. The molecule has 4 aliphatic carbocycles. The average molecular weight is 760 g/mol. The predicted molar refractivity (Wildman–Crippen MR) is 249 cm³/mol. The fraction of sp³-hybridized carbons (Fsp3) is 0.172. The number of allylic oxidation sites excluding steroid dienone is 6. The van der Waals surface area contributed by atoms with Gasteiger partial charge >= 0.3 is 0 Å². The number of anilines is 3. The van der Waals surface area contributed by atoms with Gasteiger partial charge in [0.2, 0.25) is 0 Å². The van der Waals surface area contributed by atoms with Gasteiger partial charge in [0.25, 0.3) is 0 Å². The van der Waals surface area contributed by atoms with Crippen molar-refractivity contribution in [3.63, 3.8) is 0 Å². The Hall–Kier alpha value is -6.44. The van der Waals surface area contributed by atoms with Crippen LogP contribution in [0.25, 0.3) is 33.4 Å². The summed E-state index contributed by atoms with van der Waals surface area (Å²) in [7, 11) is 0. The molecule has 0 aromatic heterocycles. The first-order chi connectivity index (χ1) is 29.0. The van der Waals surface area contributed by atoms with Gasteiger partial charge in [0.05, 0.1) is 11.1 Å². The third-order valence-corrected chi connectivity index (χ3v) is 13.8. The summed E-state index contributed by atoms with van der Waals surface area (Å²) in [6.07, 6.45) is 14.3. The van der Waals surface area contributed by atoms with Crippen LogP contribution >= 0.6 is 0 Å². The Balaban J connectivity index is 1.10. The number of hydrogen-bond acceptors (Lipinski definition) is 1. The Labute approximate surface area is 349 Å². The second kappa shape index (κ2) is 14.1. The molecule has 0 unspecified atom stereocenters. The van der Waals surface area contributed by atoms with Crippen LogP contribution in [0.3, 0.4) is 0 Å². The van der Waals surface area contributed by atoms with Gasteiger partial charge in [-0.15, -0.1) is 0 Å². The van der Waals surface area contributed by atoms with E-state index >= 15 is 0 Å². The quantitative estimate of drug-likeness (QED) is 0.163. The molecule has 1 spiro atoms. The monoisotopic (exact) mass is 759 g/mol. The minimum atomic E-state index is -0.374. The minimum absolute atomic E-state index is 0.119. The van der Waals surface area contributed by atoms with Gasteiger partial charge in [-0.1, -0.05) is 172 Å². The standard InChI is InChI=1S/C58H49N/c1-57(2)50-22-11-13-24-52(50)58(53-25-14-12-23-51(53)57)49-21-10-9-20-48(49)56-54(58)26-15-27-55(56)59(46-36-32-44(33-37-46)41-18-7-4-8-19-41)47-38-34-45(35-39-47)43-30-28-42(29-31-43)40-16-5-3-6-17-40/h4,7-9,11-16,18-20,22-39H,3,5-6,10,17,21H2,1-2H3. The second-order valence-electron chi connectivity index (χ2n) is 17.3. The lowest BCUT2D eigenvalue weighted by molar-refractivity contribution is 0.550. The molecule has 0 atom stereocenters. The maximum Gasteiger partial charge on any atom is 0.0683 e. The molecule has 7 aromatic rings. The molecule has 286 valence electrons. The molecule has 4 aliphatic rings. The average Bonchev–Trinajstić information content (AvgIpc) is 3.61. The van der Waals surface area contributed by atoms with E-state index in [9.17, 15) is 0 Å². The zero-order chi connectivity index (χ0) is 39.6. The fourth-order valence-corrected chi connectivity index (χ4v) is 11.0. The minimum Gasteiger partial charge on any atom is -0.310 e. The van der Waals surface area contributed by atoms with Gasteiger partial charge in [0.1, 0.15) is 0 Å². The first-order valence-electron chi connectivity index (χ1n) is 21.6. The summed E-state index contributed by atoms with van der Waals surface area (Å²) in [6.45, 7) is 4.82. The van der Waals surface area contributed by atoms with Crippen molar-refractivity contribution in [3.8, 4) is 22.3 Å². The zero-order valence-corrected chi connectivity index (χ0v) is 34.1. The molecule has 1 nitrogen and oxygen atoms in total. The predicted octanol–water partition coefficient (Wildman–Crippen LogP) is 15.5. The van der Waals surface area contributed by atoms with Crippen molar-refractivity contribution >= 4 is 28.2 Å². The summed E-state index contributed by atoms with van der Waals surface area (Å²) in [5, 5.41) is 0.